The molecule has 0 aromatic rings. The number of aliphatic hydroxyl groups is 1. The number of rotatable bonds is 5. The summed E-state index contributed by atoms with van der Waals surface area (Å²) in [7, 11) is 0. The van der Waals surface area contributed by atoms with Crippen LogP contribution in [0, 0.1) is 5.92 Å². The Hall–Kier alpha value is -0.900. The lowest BCUT2D eigenvalue weighted by Gasteiger charge is -2.26. The van der Waals surface area contributed by atoms with Crippen LogP contribution in [0.1, 0.15) is 34.1 Å². The van der Waals surface area contributed by atoms with E-state index in [0.29, 0.717) is 0 Å². The number of Topliss-reactive ketones (excluding diaryl/α,β-unsaturated/α-hetero) is 1. The minimum atomic E-state index is -1.62. The fourth-order valence-electron chi connectivity index (χ4n) is 1.10. The largest absolute Gasteiger partial charge is 0.466 e. The summed E-state index contributed by atoms with van der Waals surface area (Å²) >= 11 is 0. The summed E-state index contributed by atoms with van der Waals surface area (Å²) < 4.78 is 4.73. The van der Waals surface area contributed by atoms with Crippen molar-refractivity contribution in [2.75, 3.05) is 6.61 Å². The quantitative estimate of drug-likeness (QED) is 0.673. The van der Waals surface area contributed by atoms with Gasteiger partial charge in [0.1, 0.15) is 5.60 Å². The molecule has 0 amide bonds. The summed E-state index contributed by atoms with van der Waals surface area (Å²) in [5.41, 5.74) is -1.62. The van der Waals surface area contributed by atoms with Crippen LogP contribution in [-0.4, -0.2) is 29.1 Å². The summed E-state index contributed by atoms with van der Waals surface area (Å²) in [5, 5.41) is 9.80. The van der Waals surface area contributed by atoms with Crippen LogP contribution >= 0.6 is 0 Å². The van der Waals surface area contributed by atoms with Gasteiger partial charge in [-0.1, -0.05) is 6.92 Å². The molecule has 0 rings (SSSR count). The minimum Gasteiger partial charge on any atom is -0.466 e. The highest BCUT2D eigenvalue weighted by Gasteiger charge is 2.40. The minimum absolute atomic E-state index is 0.205. The molecule has 0 spiro atoms. The molecule has 0 heterocycles. The number of ketones is 1. The van der Waals surface area contributed by atoms with Gasteiger partial charge in [-0.2, -0.15) is 0 Å². The van der Waals surface area contributed by atoms with E-state index in [1.54, 1.807) is 13.8 Å². The Kier molecular flexibility index (Phi) is 4.77. The van der Waals surface area contributed by atoms with Gasteiger partial charge in [0.05, 0.1) is 12.5 Å². The number of carbonyl (C=O) groups excluding carboxylic acids is 2. The molecule has 0 radical (unpaired) electrons. The molecule has 0 aliphatic heterocycles. The average Bonchev–Trinajstić information content (AvgIpc) is 2.15. The number of ether oxygens (including phenoxy) is 1. The fraction of sp³-hybridized carbons (Fsp3) is 0.800. The van der Waals surface area contributed by atoms with E-state index >= 15 is 0 Å². The molecule has 0 aliphatic rings. The molecule has 0 saturated heterocycles. The lowest BCUT2D eigenvalue weighted by Crippen LogP contribution is -2.45. The summed E-state index contributed by atoms with van der Waals surface area (Å²) in [5.74, 6) is -1.72. The Balaban J connectivity index is 4.56. The zero-order chi connectivity index (χ0) is 11.4. The SMILES string of the molecule is CCOC(=O)[C@@H](C)[C@@](C)(O)C(=O)CC. The highest BCUT2D eigenvalue weighted by Crippen LogP contribution is 2.20. The van der Waals surface area contributed by atoms with E-state index in [1.807, 2.05) is 0 Å². The highest BCUT2D eigenvalue weighted by atomic mass is 16.5. The normalized spacial score (nSPS) is 16.9. The van der Waals surface area contributed by atoms with Crippen LogP contribution in [0.3, 0.4) is 0 Å². The van der Waals surface area contributed by atoms with Crippen molar-refractivity contribution in [2.24, 2.45) is 5.92 Å². The van der Waals surface area contributed by atoms with Crippen molar-refractivity contribution in [3.8, 4) is 0 Å². The maximum Gasteiger partial charge on any atom is 0.312 e. The molecule has 0 bridgehead atoms. The van der Waals surface area contributed by atoms with Crippen molar-refractivity contribution < 1.29 is 19.4 Å². The molecular formula is C10H18O4. The third-order valence-electron chi connectivity index (χ3n) is 2.37. The highest BCUT2D eigenvalue weighted by molar-refractivity contribution is 5.91. The summed E-state index contributed by atoms with van der Waals surface area (Å²) in [4.78, 5) is 22.6. The molecule has 82 valence electrons. The number of hydrogen-bond acceptors (Lipinski definition) is 4. The van der Waals surface area contributed by atoms with Crippen molar-refractivity contribution in [1.29, 1.82) is 0 Å². The van der Waals surface area contributed by atoms with Gasteiger partial charge in [0.2, 0.25) is 0 Å². The van der Waals surface area contributed by atoms with Crippen LogP contribution in [0.25, 0.3) is 0 Å². The molecule has 2 atom stereocenters. The number of hydrogen-bond donors (Lipinski definition) is 1. The first-order valence-electron chi connectivity index (χ1n) is 4.80. The Bertz CT molecular complexity index is 220. The van der Waals surface area contributed by atoms with Crippen LogP contribution in [0.2, 0.25) is 0 Å². The second kappa shape index (κ2) is 5.10. The van der Waals surface area contributed by atoms with E-state index in [-0.39, 0.29) is 18.8 Å². The number of esters is 1. The molecule has 0 aliphatic carbocycles. The van der Waals surface area contributed by atoms with E-state index < -0.39 is 17.5 Å². The van der Waals surface area contributed by atoms with Crippen LogP contribution in [-0.2, 0) is 14.3 Å². The molecule has 0 fully saturated rings. The Labute approximate surface area is 84.3 Å². The summed E-state index contributed by atoms with van der Waals surface area (Å²) in [6.45, 7) is 6.42. The molecule has 14 heavy (non-hydrogen) atoms. The van der Waals surface area contributed by atoms with Gasteiger partial charge in [0, 0.05) is 6.42 Å². The van der Waals surface area contributed by atoms with Gasteiger partial charge in [0.25, 0.3) is 0 Å². The molecule has 0 aromatic heterocycles. The van der Waals surface area contributed by atoms with Crippen molar-refractivity contribution in [1.82, 2.24) is 0 Å². The zero-order valence-corrected chi connectivity index (χ0v) is 9.16. The first kappa shape index (κ1) is 13.1. The van der Waals surface area contributed by atoms with E-state index in [9.17, 15) is 14.7 Å². The third-order valence-corrected chi connectivity index (χ3v) is 2.37. The van der Waals surface area contributed by atoms with Gasteiger partial charge >= 0.3 is 5.97 Å². The molecule has 0 unspecified atom stereocenters. The molecule has 0 aromatic carbocycles. The van der Waals surface area contributed by atoms with E-state index in [2.05, 4.69) is 0 Å². The smallest absolute Gasteiger partial charge is 0.312 e. The zero-order valence-electron chi connectivity index (χ0n) is 9.16. The van der Waals surface area contributed by atoms with Gasteiger partial charge in [0.15, 0.2) is 5.78 Å². The average molecular weight is 202 g/mol. The lowest BCUT2D eigenvalue weighted by molar-refractivity contribution is -0.162. The molecular weight excluding hydrogens is 184 g/mol. The fourth-order valence-corrected chi connectivity index (χ4v) is 1.10. The van der Waals surface area contributed by atoms with Gasteiger partial charge in [-0.15, -0.1) is 0 Å². The Morgan fingerprint density at radius 3 is 2.29 bits per heavy atom. The van der Waals surface area contributed by atoms with Crippen LogP contribution in [0.4, 0.5) is 0 Å². The monoisotopic (exact) mass is 202 g/mol. The van der Waals surface area contributed by atoms with Crippen molar-refractivity contribution in [3.05, 3.63) is 0 Å². The second-order valence-corrected chi connectivity index (χ2v) is 3.40. The predicted octanol–water partition coefficient (Wildman–Crippen LogP) is 0.916. The predicted molar refractivity (Wildman–Crippen MR) is 51.7 cm³/mol. The van der Waals surface area contributed by atoms with Gasteiger partial charge < -0.3 is 9.84 Å². The van der Waals surface area contributed by atoms with Crippen molar-refractivity contribution >= 4 is 11.8 Å². The Morgan fingerprint density at radius 2 is 1.93 bits per heavy atom. The van der Waals surface area contributed by atoms with Crippen molar-refractivity contribution in [2.45, 2.75) is 39.7 Å². The lowest BCUT2D eigenvalue weighted by atomic mass is 9.86. The van der Waals surface area contributed by atoms with Gasteiger partial charge in [-0.05, 0) is 20.8 Å². The van der Waals surface area contributed by atoms with E-state index in [0.717, 1.165) is 0 Å². The van der Waals surface area contributed by atoms with Crippen molar-refractivity contribution in [3.63, 3.8) is 0 Å². The Morgan fingerprint density at radius 1 is 1.43 bits per heavy atom. The van der Waals surface area contributed by atoms with Crippen LogP contribution < -0.4 is 0 Å². The first-order chi connectivity index (χ1) is 6.37. The second-order valence-electron chi connectivity index (χ2n) is 3.40. The maximum atomic E-state index is 11.3. The van der Waals surface area contributed by atoms with E-state index in [1.165, 1.54) is 13.8 Å². The third kappa shape index (κ3) is 2.80. The summed E-state index contributed by atoms with van der Waals surface area (Å²) in [6, 6.07) is 0. The number of carbonyl (C=O) groups is 2. The molecule has 4 heteroatoms. The van der Waals surface area contributed by atoms with E-state index in [4.69, 9.17) is 4.74 Å². The topological polar surface area (TPSA) is 63.6 Å². The maximum absolute atomic E-state index is 11.3. The van der Waals surface area contributed by atoms with Gasteiger partial charge in [-0.3, -0.25) is 9.59 Å². The standard InChI is InChI=1S/C10H18O4/c1-5-8(11)10(4,13)7(3)9(12)14-6-2/h7,13H,5-6H2,1-4H3/t7-,10-/m1/s1. The van der Waals surface area contributed by atoms with Crippen LogP contribution in [0.5, 0.6) is 0 Å². The summed E-state index contributed by atoms with van der Waals surface area (Å²) in [6.07, 6.45) is 0.205. The van der Waals surface area contributed by atoms with Gasteiger partial charge in [-0.25, -0.2) is 0 Å². The molecule has 4 nitrogen and oxygen atoms in total. The van der Waals surface area contributed by atoms with Crippen LogP contribution in [0.15, 0.2) is 0 Å². The first-order valence-corrected chi connectivity index (χ1v) is 4.80. The molecule has 0 saturated carbocycles. The molecule has 1 N–H and O–H groups in total.